The van der Waals surface area contributed by atoms with Crippen molar-refractivity contribution in [1.82, 2.24) is 0 Å². The first kappa shape index (κ1) is 13.5. The Kier molecular flexibility index (Phi) is 3.65. The van der Waals surface area contributed by atoms with Gasteiger partial charge in [0, 0.05) is 0 Å². The maximum absolute atomic E-state index is 10.8. The van der Waals surface area contributed by atoms with E-state index in [1.54, 1.807) is 0 Å². The van der Waals surface area contributed by atoms with Gasteiger partial charge in [0.05, 0.1) is 5.54 Å². The molecule has 0 amide bonds. The molecule has 0 heterocycles. The third-order valence-corrected chi connectivity index (χ3v) is 3.92. The third-order valence-electron chi connectivity index (χ3n) is 3.92. The maximum atomic E-state index is 10.8. The fraction of sp³-hybridized carbons (Fsp3) is 0.917. The Bertz CT molecular complexity index is 262. The molecule has 0 saturated heterocycles. The molecule has 94 valence electrons. The predicted octanol–water partition coefficient (Wildman–Crippen LogP) is 1.37. The van der Waals surface area contributed by atoms with Crippen LogP contribution < -0.4 is 5.73 Å². The lowest BCUT2D eigenvalue weighted by molar-refractivity contribution is -0.151. The molecule has 0 aromatic rings. The Morgan fingerprint density at radius 3 is 2.12 bits per heavy atom. The first-order chi connectivity index (χ1) is 7.17. The van der Waals surface area contributed by atoms with Gasteiger partial charge in [0.1, 0.15) is 0 Å². The summed E-state index contributed by atoms with van der Waals surface area (Å²) in [6.45, 7) is 6.57. The summed E-state index contributed by atoms with van der Waals surface area (Å²) in [4.78, 5) is 10.8. The first-order valence-electron chi connectivity index (χ1n) is 5.86. The summed E-state index contributed by atoms with van der Waals surface area (Å²) in [6, 6.07) is 0. The Morgan fingerprint density at radius 1 is 1.38 bits per heavy atom. The molecule has 1 fully saturated rings. The molecule has 1 aliphatic rings. The highest BCUT2D eigenvalue weighted by Gasteiger charge is 2.43. The molecular weight excluding hydrogens is 206 g/mol. The van der Waals surface area contributed by atoms with E-state index in [-0.39, 0.29) is 5.41 Å². The normalized spacial score (nSPS) is 33.4. The van der Waals surface area contributed by atoms with Gasteiger partial charge < -0.3 is 15.9 Å². The number of aliphatic hydroxyl groups is 1. The molecule has 0 radical (unpaired) electrons. The monoisotopic (exact) mass is 229 g/mol. The van der Waals surface area contributed by atoms with Gasteiger partial charge in [0.2, 0.25) is 0 Å². The van der Waals surface area contributed by atoms with Crippen molar-refractivity contribution < 1.29 is 15.0 Å². The zero-order valence-electron chi connectivity index (χ0n) is 10.4. The maximum Gasteiger partial charge on any atom is 0.334 e. The molecule has 16 heavy (non-hydrogen) atoms. The average Bonchev–Trinajstić information content (AvgIpc) is 2.15. The van der Waals surface area contributed by atoms with Crippen LogP contribution in [-0.4, -0.2) is 27.8 Å². The van der Waals surface area contributed by atoms with Gasteiger partial charge >= 0.3 is 5.97 Å². The van der Waals surface area contributed by atoms with Gasteiger partial charge in [-0.3, -0.25) is 0 Å². The third kappa shape index (κ3) is 2.74. The van der Waals surface area contributed by atoms with Crippen LogP contribution in [0.3, 0.4) is 0 Å². The van der Waals surface area contributed by atoms with Gasteiger partial charge in [-0.2, -0.15) is 0 Å². The van der Waals surface area contributed by atoms with E-state index in [0.717, 1.165) is 12.8 Å². The van der Waals surface area contributed by atoms with E-state index in [4.69, 9.17) is 10.8 Å². The molecule has 1 saturated carbocycles. The molecule has 1 unspecified atom stereocenters. The van der Waals surface area contributed by atoms with Crippen LogP contribution in [-0.2, 0) is 4.79 Å². The van der Waals surface area contributed by atoms with E-state index in [9.17, 15) is 9.90 Å². The van der Waals surface area contributed by atoms with Crippen LogP contribution >= 0.6 is 0 Å². The smallest absolute Gasteiger partial charge is 0.334 e. The van der Waals surface area contributed by atoms with Gasteiger partial charge in [-0.1, -0.05) is 20.8 Å². The lowest BCUT2D eigenvalue weighted by Crippen LogP contribution is -2.56. The average molecular weight is 229 g/mol. The fourth-order valence-electron chi connectivity index (χ4n) is 2.54. The minimum atomic E-state index is -1.44. The van der Waals surface area contributed by atoms with E-state index in [0.29, 0.717) is 18.8 Å². The second-order valence-corrected chi connectivity index (χ2v) is 6.11. The van der Waals surface area contributed by atoms with Gasteiger partial charge in [-0.05, 0) is 37.0 Å². The zero-order valence-corrected chi connectivity index (χ0v) is 10.4. The number of carboxylic acids is 1. The minimum Gasteiger partial charge on any atom is -0.479 e. The second kappa shape index (κ2) is 4.34. The SMILES string of the molecule is CC(C)(C)C1CCC(N)(C(O)C(=O)O)CC1. The van der Waals surface area contributed by atoms with Gasteiger partial charge in [-0.25, -0.2) is 4.79 Å². The molecule has 4 nitrogen and oxygen atoms in total. The molecule has 1 rings (SSSR count). The molecular formula is C12H23NO3. The van der Waals surface area contributed by atoms with Crippen LogP contribution in [0, 0.1) is 11.3 Å². The standard InChI is InChI=1S/C12H23NO3/c1-11(2,3)8-4-6-12(13,7-5-8)9(14)10(15)16/h8-9,14H,4-7,13H2,1-3H3,(H,15,16). The predicted molar refractivity (Wildman–Crippen MR) is 62.0 cm³/mol. The highest BCUT2D eigenvalue weighted by Crippen LogP contribution is 2.41. The topological polar surface area (TPSA) is 83.5 Å². The van der Waals surface area contributed by atoms with E-state index >= 15 is 0 Å². The van der Waals surface area contributed by atoms with Crippen molar-refractivity contribution in [1.29, 1.82) is 0 Å². The zero-order chi connectivity index (χ0) is 12.6. The Hall–Kier alpha value is -0.610. The first-order valence-corrected chi connectivity index (χ1v) is 5.86. The van der Waals surface area contributed by atoms with Crippen molar-refractivity contribution >= 4 is 5.97 Å². The van der Waals surface area contributed by atoms with Gasteiger partial charge in [0.25, 0.3) is 0 Å². The van der Waals surface area contributed by atoms with Crippen molar-refractivity contribution in [3.05, 3.63) is 0 Å². The summed E-state index contributed by atoms with van der Waals surface area (Å²) in [5.74, 6) is -0.651. The minimum absolute atomic E-state index is 0.232. The van der Waals surface area contributed by atoms with Crippen LogP contribution in [0.5, 0.6) is 0 Å². The molecule has 1 aliphatic carbocycles. The van der Waals surface area contributed by atoms with Crippen LogP contribution in [0.25, 0.3) is 0 Å². The number of hydrogen-bond acceptors (Lipinski definition) is 3. The lowest BCUT2D eigenvalue weighted by atomic mass is 9.66. The molecule has 0 aliphatic heterocycles. The van der Waals surface area contributed by atoms with E-state index < -0.39 is 17.6 Å². The lowest BCUT2D eigenvalue weighted by Gasteiger charge is -2.43. The van der Waals surface area contributed by atoms with Crippen molar-refractivity contribution in [2.75, 3.05) is 0 Å². The van der Waals surface area contributed by atoms with Crippen LogP contribution in [0.4, 0.5) is 0 Å². The highest BCUT2D eigenvalue weighted by atomic mass is 16.4. The Morgan fingerprint density at radius 2 is 1.81 bits per heavy atom. The summed E-state index contributed by atoms with van der Waals surface area (Å²) in [7, 11) is 0. The van der Waals surface area contributed by atoms with Crippen molar-refractivity contribution in [2.24, 2.45) is 17.1 Å². The molecule has 0 spiro atoms. The largest absolute Gasteiger partial charge is 0.479 e. The van der Waals surface area contributed by atoms with Crippen molar-refractivity contribution in [3.63, 3.8) is 0 Å². The van der Waals surface area contributed by atoms with E-state index in [2.05, 4.69) is 20.8 Å². The summed E-state index contributed by atoms with van der Waals surface area (Å²) in [5, 5.41) is 18.4. The number of aliphatic carboxylic acids is 1. The molecule has 1 atom stereocenters. The highest BCUT2D eigenvalue weighted by molar-refractivity contribution is 5.73. The molecule has 4 N–H and O–H groups in total. The number of rotatable bonds is 2. The Balaban J connectivity index is 2.63. The molecule has 0 aromatic carbocycles. The van der Waals surface area contributed by atoms with Crippen LogP contribution in [0.1, 0.15) is 46.5 Å². The quantitative estimate of drug-likeness (QED) is 0.667. The summed E-state index contributed by atoms with van der Waals surface area (Å²) < 4.78 is 0. The number of aliphatic hydroxyl groups excluding tert-OH is 1. The molecule has 0 aromatic heterocycles. The Labute approximate surface area is 96.8 Å². The number of hydrogen-bond donors (Lipinski definition) is 3. The number of carboxylic acid groups (broad SMARTS) is 1. The van der Waals surface area contributed by atoms with Crippen LogP contribution in [0.2, 0.25) is 0 Å². The molecule has 4 heteroatoms. The van der Waals surface area contributed by atoms with Crippen LogP contribution in [0.15, 0.2) is 0 Å². The van der Waals surface area contributed by atoms with Crippen molar-refractivity contribution in [3.8, 4) is 0 Å². The fourth-order valence-corrected chi connectivity index (χ4v) is 2.54. The summed E-state index contributed by atoms with van der Waals surface area (Å²) in [5.41, 5.74) is 5.27. The second-order valence-electron chi connectivity index (χ2n) is 6.11. The number of carbonyl (C=O) groups is 1. The molecule has 0 bridgehead atoms. The number of nitrogens with two attached hydrogens (primary N) is 1. The summed E-state index contributed by atoms with van der Waals surface area (Å²) in [6.07, 6.45) is 1.52. The summed E-state index contributed by atoms with van der Waals surface area (Å²) >= 11 is 0. The van der Waals surface area contributed by atoms with E-state index in [1.165, 1.54) is 0 Å². The van der Waals surface area contributed by atoms with Gasteiger partial charge in [0.15, 0.2) is 6.10 Å². The van der Waals surface area contributed by atoms with Gasteiger partial charge in [-0.15, -0.1) is 0 Å². The van der Waals surface area contributed by atoms with Crippen molar-refractivity contribution in [2.45, 2.75) is 58.1 Å². The van der Waals surface area contributed by atoms with E-state index in [1.807, 2.05) is 0 Å².